The number of alkyl halides is 5. The predicted molar refractivity (Wildman–Crippen MR) is 86.0 cm³/mol. The van der Waals surface area contributed by atoms with Crippen LogP contribution in [0.5, 0.6) is 0 Å². The molecule has 12 heteroatoms. The van der Waals surface area contributed by atoms with Gasteiger partial charge in [-0.2, -0.15) is 28.1 Å². The van der Waals surface area contributed by atoms with Gasteiger partial charge in [-0.05, 0) is 19.8 Å². The van der Waals surface area contributed by atoms with Crippen LogP contribution >= 0.6 is 0 Å². The monoisotopic (exact) mass is 399 g/mol. The molecule has 0 fully saturated rings. The molecule has 1 unspecified atom stereocenters. The summed E-state index contributed by atoms with van der Waals surface area (Å²) in [5, 5.41) is 14.2. The van der Waals surface area contributed by atoms with E-state index in [1.165, 1.54) is 0 Å². The van der Waals surface area contributed by atoms with E-state index in [1.807, 2.05) is 12.2 Å². The molecule has 6 nitrogen and oxygen atoms in total. The maximum absolute atomic E-state index is 14.2. The average Bonchev–Trinajstić information content (AvgIpc) is 2.57. The number of anilines is 2. The third-order valence-electron chi connectivity index (χ3n) is 3.91. The van der Waals surface area contributed by atoms with E-state index in [-0.39, 0.29) is 5.95 Å². The van der Waals surface area contributed by atoms with Crippen molar-refractivity contribution in [2.75, 3.05) is 17.2 Å². The van der Waals surface area contributed by atoms with Crippen molar-refractivity contribution in [3.05, 3.63) is 11.7 Å². The van der Waals surface area contributed by atoms with Crippen LogP contribution in [0, 0.1) is 0 Å². The fraction of sp³-hybridized carbons (Fsp3) is 0.667. The van der Waals surface area contributed by atoms with Crippen LogP contribution in [-0.2, 0) is 0 Å². The van der Waals surface area contributed by atoms with Crippen molar-refractivity contribution < 1.29 is 31.4 Å². The zero-order valence-corrected chi connectivity index (χ0v) is 14.5. The molecular formula is C15H19F6N5O. The molecule has 0 saturated carbocycles. The minimum absolute atomic E-state index is 0.133. The summed E-state index contributed by atoms with van der Waals surface area (Å²) in [7, 11) is 0. The zero-order chi connectivity index (χ0) is 20.4. The first-order chi connectivity index (χ1) is 12.5. The SMILES string of the molecule is CCCNc1nc(NC(C)C(F)(F)F)nc(C2=C(F)[C@H](O)C(F)(F)CC2)n1. The van der Waals surface area contributed by atoms with Crippen molar-refractivity contribution >= 4 is 17.5 Å². The van der Waals surface area contributed by atoms with Gasteiger partial charge in [0.15, 0.2) is 11.9 Å². The van der Waals surface area contributed by atoms with Crippen molar-refractivity contribution in [3.8, 4) is 0 Å². The molecule has 1 heterocycles. The molecule has 152 valence electrons. The molecule has 2 rings (SSSR count). The van der Waals surface area contributed by atoms with Gasteiger partial charge in [-0.25, -0.2) is 13.2 Å². The summed E-state index contributed by atoms with van der Waals surface area (Å²) in [5.41, 5.74) is -0.391. The van der Waals surface area contributed by atoms with Gasteiger partial charge < -0.3 is 15.7 Å². The van der Waals surface area contributed by atoms with Gasteiger partial charge in [0.05, 0.1) is 0 Å². The molecule has 0 bridgehead atoms. The molecule has 1 aromatic heterocycles. The predicted octanol–water partition coefficient (Wildman–Crippen LogP) is 3.53. The molecule has 0 amide bonds. The Hall–Kier alpha value is -2.11. The summed E-state index contributed by atoms with van der Waals surface area (Å²) in [4.78, 5) is 11.4. The second-order valence-corrected chi connectivity index (χ2v) is 6.13. The van der Waals surface area contributed by atoms with Crippen LogP contribution in [-0.4, -0.2) is 50.8 Å². The zero-order valence-electron chi connectivity index (χ0n) is 14.5. The Kier molecular flexibility index (Phi) is 6.17. The number of halogens is 6. The summed E-state index contributed by atoms with van der Waals surface area (Å²) < 4.78 is 79.4. The molecule has 1 aliphatic carbocycles. The highest BCUT2D eigenvalue weighted by molar-refractivity contribution is 5.66. The van der Waals surface area contributed by atoms with Crippen LogP contribution in [0.2, 0.25) is 0 Å². The third kappa shape index (κ3) is 4.99. The molecule has 0 aromatic carbocycles. The normalized spacial score (nSPS) is 21.1. The molecule has 1 aromatic rings. The number of hydrogen-bond donors (Lipinski definition) is 3. The van der Waals surface area contributed by atoms with Gasteiger partial charge in [-0.3, -0.25) is 0 Å². The number of rotatable bonds is 6. The van der Waals surface area contributed by atoms with E-state index in [0.717, 1.165) is 6.92 Å². The number of nitrogens with one attached hydrogen (secondary N) is 2. The fourth-order valence-electron chi connectivity index (χ4n) is 2.28. The van der Waals surface area contributed by atoms with Gasteiger partial charge >= 0.3 is 6.18 Å². The maximum atomic E-state index is 14.2. The lowest BCUT2D eigenvalue weighted by molar-refractivity contribution is -0.138. The largest absolute Gasteiger partial charge is 0.408 e. The number of aliphatic hydroxyl groups excluding tert-OH is 1. The van der Waals surface area contributed by atoms with Crippen LogP contribution < -0.4 is 10.6 Å². The Morgan fingerprint density at radius 3 is 2.44 bits per heavy atom. The third-order valence-corrected chi connectivity index (χ3v) is 3.91. The standard InChI is InChI=1S/C15H19F6N5O/c1-3-6-22-12-24-11(8-4-5-14(17,18)10(27)9(8)16)25-13(26-12)23-7(2)15(19,20)21/h7,10,27H,3-6H2,1-2H3,(H2,22,23,24,25,26)/t7?,10-/m0/s1. The van der Waals surface area contributed by atoms with Crippen molar-refractivity contribution in [1.82, 2.24) is 15.0 Å². The van der Waals surface area contributed by atoms with E-state index >= 15 is 0 Å². The second kappa shape index (κ2) is 7.87. The Balaban J connectivity index is 2.43. The lowest BCUT2D eigenvalue weighted by Crippen LogP contribution is -2.37. The molecule has 0 aliphatic heterocycles. The maximum Gasteiger partial charge on any atom is 0.408 e. The lowest BCUT2D eigenvalue weighted by atomic mass is 9.92. The van der Waals surface area contributed by atoms with Crippen LogP contribution in [0.1, 0.15) is 38.9 Å². The summed E-state index contributed by atoms with van der Waals surface area (Å²) in [6.07, 6.45) is -7.93. The number of aliphatic hydroxyl groups is 1. The first-order valence-corrected chi connectivity index (χ1v) is 8.23. The van der Waals surface area contributed by atoms with Gasteiger partial charge in [0.1, 0.15) is 11.9 Å². The molecule has 0 radical (unpaired) electrons. The summed E-state index contributed by atoms with van der Waals surface area (Å²) >= 11 is 0. The van der Waals surface area contributed by atoms with Crippen LogP contribution in [0.4, 0.5) is 38.2 Å². The highest BCUT2D eigenvalue weighted by atomic mass is 19.4. The Morgan fingerprint density at radius 1 is 1.22 bits per heavy atom. The number of hydrogen-bond acceptors (Lipinski definition) is 6. The van der Waals surface area contributed by atoms with Crippen molar-refractivity contribution in [2.45, 2.75) is 57.4 Å². The van der Waals surface area contributed by atoms with Gasteiger partial charge in [0, 0.05) is 18.5 Å². The second-order valence-electron chi connectivity index (χ2n) is 6.13. The molecule has 2 atom stereocenters. The highest BCUT2D eigenvalue weighted by Gasteiger charge is 2.46. The van der Waals surface area contributed by atoms with Gasteiger partial charge in [0.2, 0.25) is 11.9 Å². The first-order valence-electron chi connectivity index (χ1n) is 8.23. The highest BCUT2D eigenvalue weighted by Crippen LogP contribution is 2.41. The van der Waals surface area contributed by atoms with Crippen LogP contribution in [0.25, 0.3) is 5.57 Å². The molecule has 3 N–H and O–H groups in total. The smallest absolute Gasteiger partial charge is 0.380 e. The molecule has 0 saturated heterocycles. The lowest BCUT2D eigenvalue weighted by Gasteiger charge is -2.27. The summed E-state index contributed by atoms with van der Waals surface area (Å²) in [5.74, 6) is -6.18. The molecule has 1 aliphatic rings. The van der Waals surface area contributed by atoms with Gasteiger partial charge in [-0.15, -0.1) is 0 Å². The van der Waals surface area contributed by atoms with E-state index in [0.29, 0.717) is 13.0 Å². The Morgan fingerprint density at radius 2 is 1.85 bits per heavy atom. The van der Waals surface area contributed by atoms with Gasteiger partial charge in [-0.1, -0.05) is 6.92 Å². The minimum Gasteiger partial charge on any atom is -0.380 e. The van der Waals surface area contributed by atoms with E-state index in [4.69, 9.17) is 0 Å². The van der Waals surface area contributed by atoms with E-state index in [2.05, 4.69) is 20.3 Å². The average molecular weight is 399 g/mol. The number of allylic oxidation sites excluding steroid dienone is 1. The van der Waals surface area contributed by atoms with E-state index in [1.54, 1.807) is 0 Å². The van der Waals surface area contributed by atoms with Crippen molar-refractivity contribution in [1.29, 1.82) is 0 Å². The number of aromatic nitrogens is 3. The quantitative estimate of drug-likeness (QED) is 0.635. The van der Waals surface area contributed by atoms with Gasteiger partial charge in [0.25, 0.3) is 5.92 Å². The van der Waals surface area contributed by atoms with Crippen LogP contribution in [0.3, 0.4) is 0 Å². The van der Waals surface area contributed by atoms with Crippen LogP contribution in [0.15, 0.2) is 5.83 Å². The van der Waals surface area contributed by atoms with Crippen molar-refractivity contribution in [3.63, 3.8) is 0 Å². The summed E-state index contributed by atoms with van der Waals surface area (Å²) in [6, 6.07) is -2.01. The fourth-order valence-corrected chi connectivity index (χ4v) is 2.28. The Labute approximate surface area is 151 Å². The summed E-state index contributed by atoms with van der Waals surface area (Å²) in [6.45, 7) is 3.04. The molecular weight excluding hydrogens is 380 g/mol. The van der Waals surface area contributed by atoms with E-state index in [9.17, 15) is 31.4 Å². The van der Waals surface area contributed by atoms with E-state index < -0.39 is 60.3 Å². The van der Waals surface area contributed by atoms with Crippen molar-refractivity contribution in [2.24, 2.45) is 0 Å². The minimum atomic E-state index is -4.59. The molecule has 0 spiro atoms. The molecule has 27 heavy (non-hydrogen) atoms. The first kappa shape index (κ1) is 21.2. The topological polar surface area (TPSA) is 83.0 Å². The Bertz CT molecular complexity index is 708. The number of nitrogens with zero attached hydrogens (tertiary/aromatic N) is 3.